The molecular formula is C36H37N3O6S. The van der Waals surface area contributed by atoms with Crippen LogP contribution in [0.25, 0.3) is 6.08 Å². The minimum atomic E-state index is -0.545. The first-order valence-electron chi connectivity index (χ1n) is 14.8. The zero-order valence-electron chi connectivity index (χ0n) is 26.0. The molecule has 0 spiro atoms. The lowest BCUT2D eigenvalue weighted by molar-refractivity contribution is -0.114. The number of unbranched alkanes of at least 4 members (excludes halogenated alkanes) is 1. The van der Waals surface area contributed by atoms with E-state index in [4.69, 9.17) is 14.2 Å². The summed E-state index contributed by atoms with van der Waals surface area (Å²) in [6.45, 7) is 2.77. The number of anilines is 2. The normalized spacial score (nSPS) is 10.9. The van der Waals surface area contributed by atoms with Gasteiger partial charge >= 0.3 is 0 Å². The van der Waals surface area contributed by atoms with Gasteiger partial charge in [-0.2, -0.15) is 0 Å². The van der Waals surface area contributed by atoms with Crippen LogP contribution >= 0.6 is 11.8 Å². The topological polar surface area (TPSA) is 115 Å². The Labute approximate surface area is 273 Å². The Morgan fingerprint density at radius 2 is 1.54 bits per heavy atom. The van der Waals surface area contributed by atoms with Gasteiger partial charge in [0.1, 0.15) is 22.9 Å². The molecule has 0 aromatic heterocycles. The minimum absolute atomic E-state index is 0.000350. The van der Waals surface area contributed by atoms with Crippen LogP contribution in [0.1, 0.15) is 35.7 Å². The molecule has 0 aliphatic rings. The molecule has 238 valence electrons. The summed E-state index contributed by atoms with van der Waals surface area (Å²) in [4.78, 5) is 40.0. The average molecular weight is 640 g/mol. The van der Waals surface area contributed by atoms with E-state index in [9.17, 15) is 14.4 Å². The van der Waals surface area contributed by atoms with Crippen LogP contribution in [-0.4, -0.2) is 44.3 Å². The molecular weight excluding hydrogens is 602 g/mol. The summed E-state index contributed by atoms with van der Waals surface area (Å²) in [5.74, 6) is 0.825. The van der Waals surface area contributed by atoms with Gasteiger partial charge < -0.3 is 30.2 Å². The summed E-state index contributed by atoms with van der Waals surface area (Å²) in [6.07, 6.45) is 3.58. The lowest BCUT2D eigenvalue weighted by atomic mass is 10.1. The molecule has 0 atom stereocenters. The highest BCUT2D eigenvalue weighted by molar-refractivity contribution is 8.00. The van der Waals surface area contributed by atoms with E-state index >= 15 is 0 Å². The zero-order valence-corrected chi connectivity index (χ0v) is 26.8. The van der Waals surface area contributed by atoms with E-state index in [1.807, 2.05) is 30.3 Å². The molecule has 0 fully saturated rings. The number of hydrogen-bond donors (Lipinski definition) is 3. The number of thioether (sulfide) groups is 1. The maximum Gasteiger partial charge on any atom is 0.272 e. The van der Waals surface area contributed by atoms with Crippen molar-refractivity contribution in [3.63, 3.8) is 0 Å². The molecule has 9 nitrogen and oxygen atoms in total. The van der Waals surface area contributed by atoms with Crippen molar-refractivity contribution in [2.24, 2.45) is 0 Å². The van der Waals surface area contributed by atoms with Gasteiger partial charge in [0.05, 0.1) is 26.6 Å². The molecule has 46 heavy (non-hydrogen) atoms. The van der Waals surface area contributed by atoms with Crippen LogP contribution in [0.4, 0.5) is 11.4 Å². The second kappa shape index (κ2) is 17.3. The van der Waals surface area contributed by atoms with E-state index in [2.05, 4.69) is 22.9 Å². The highest BCUT2D eigenvalue weighted by atomic mass is 32.2. The average Bonchev–Trinajstić information content (AvgIpc) is 3.08. The predicted octanol–water partition coefficient (Wildman–Crippen LogP) is 7.02. The summed E-state index contributed by atoms with van der Waals surface area (Å²) in [5, 5.41) is 8.48. The van der Waals surface area contributed by atoms with E-state index in [0.29, 0.717) is 40.6 Å². The Hall–Kier alpha value is -5.22. The summed E-state index contributed by atoms with van der Waals surface area (Å²) >= 11 is 1.33. The SMILES string of the molecule is CCCCOc1ccc(NC(=O)CSc2cccc(NC(=O)/C(=C\c3cc(OC)ccc3OC)NC(=O)c3ccccc3)c2)cc1. The fraction of sp³-hybridized carbons (Fsp3) is 0.194. The molecule has 10 heteroatoms. The fourth-order valence-electron chi connectivity index (χ4n) is 4.23. The number of hydrogen-bond acceptors (Lipinski definition) is 7. The summed E-state index contributed by atoms with van der Waals surface area (Å²) in [7, 11) is 3.06. The second-order valence-corrected chi connectivity index (χ2v) is 11.1. The number of benzene rings is 4. The van der Waals surface area contributed by atoms with Gasteiger partial charge in [0.2, 0.25) is 5.91 Å². The number of carbonyl (C=O) groups is 3. The van der Waals surface area contributed by atoms with Gasteiger partial charge in [0.15, 0.2) is 0 Å². The van der Waals surface area contributed by atoms with E-state index in [0.717, 1.165) is 23.5 Å². The van der Waals surface area contributed by atoms with Crippen LogP contribution in [0.2, 0.25) is 0 Å². The van der Waals surface area contributed by atoms with Crippen molar-refractivity contribution in [2.75, 3.05) is 37.2 Å². The number of nitrogens with one attached hydrogen (secondary N) is 3. The lowest BCUT2D eigenvalue weighted by Crippen LogP contribution is -2.30. The van der Waals surface area contributed by atoms with Gasteiger partial charge in [-0.1, -0.05) is 37.6 Å². The minimum Gasteiger partial charge on any atom is -0.497 e. The first kappa shape index (κ1) is 33.7. The van der Waals surface area contributed by atoms with Crippen molar-refractivity contribution < 1.29 is 28.6 Å². The molecule has 4 rings (SSSR count). The van der Waals surface area contributed by atoms with Crippen LogP contribution in [0.5, 0.6) is 17.2 Å². The molecule has 0 saturated carbocycles. The van der Waals surface area contributed by atoms with Gasteiger partial charge in [-0.05, 0) is 85.3 Å². The van der Waals surface area contributed by atoms with E-state index in [1.54, 1.807) is 66.7 Å². The van der Waals surface area contributed by atoms with Crippen LogP contribution in [0, 0.1) is 0 Å². The Morgan fingerprint density at radius 3 is 2.26 bits per heavy atom. The van der Waals surface area contributed by atoms with Gasteiger partial charge in [-0.3, -0.25) is 14.4 Å². The van der Waals surface area contributed by atoms with Crippen molar-refractivity contribution in [1.82, 2.24) is 5.32 Å². The van der Waals surface area contributed by atoms with E-state index in [-0.39, 0.29) is 17.4 Å². The fourth-order valence-corrected chi connectivity index (χ4v) is 4.98. The maximum atomic E-state index is 13.6. The summed E-state index contributed by atoms with van der Waals surface area (Å²) in [5.41, 5.74) is 2.10. The van der Waals surface area contributed by atoms with Crippen LogP contribution in [-0.2, 0) is 9.59 Å². The highest BCUT2D eigenvalue weighted by Gasteiger charge is 2.17. The smallest absolute Gasteiger partial charge is 0.272 e. The molecule has 4 aromatic rings. The molecule has 0 bridgehead atoms. The third kappa shape index (κ3) is 10.2. The second-order valence-electron chi connectivity index (χ2n) is 10.0. The monoisotopic (exact) mass is 639 g/mol. The summed E-state index contributed by atoms with van der Waals surface area (Å²) in [6, 6.07) is 28.2. The number of ether oxygens (including phenoxy) is 3. The van der Waals surface area contributed by atoms with Crippen LogP contribution in [0.3, 0.4) is 0 Å². The molecule has 0 aliphatic carbocycles. The third-order valence-corrected chi connectivity index (χ3v) is 7.63. The first-order chi connectivity index (χ1) is 22.4. The molecule has 3 amide bonds. The van der Waals surface area contributed by atoms with Crippen LogP contribution < -0.4 is 30.2 Å². The standard InChI is InChI=1S/C36H37N3O6S/c1-4-5-20-45-29-16-14-27(15-17-29)37-34(40)24-46-31-13-9-12-28(23-31)38-36(42)32(39-35(41)25-10-7-6-8-11-25)22-26-21-30(43-2)18-19-33(26)44-3/h6-19,21-23H,4-5,20,24H2,1-3H3,(H,37,40)(H,38,42)(H,39,41)/b32-22+. The molecule has 0 radical (unpaired) electrons. The van der Waals surface area contributed by atoms with Crippen molar-refractivity contribution in [3.05, 3.63) is 114 Å². The largest absolute Gasteiger partial charge is 0.497 e. The van der Waals surface area contributed by atoms with E-state index < -0.39 is 11.8 Å². The van der Waals surface area contributed by atoms with Gasteiger partial charge in [0, 0.05) is 27.4 Å². The molecule has 0 unspecified atom stereocenters. The Kier molecular flexibility index (Phi) is 12.7. The van der Waals surface area contributed by atoms with Gasteiger partial charge in [0.25, 0.3) is 11.8 Å². The Bertz CT molecular complexity index is 1660. The first-order valence-corrected chi connectivity index (χ1v) is 15.7. The van der Waals surface area contributed by atoms with Gasteiger partial charge in [-0.25, -0.2) is 0 Å². The maximum absolute atomic E-state index is 13.6. The van der Waals surface area contributed by atoms with Crippen LogP contribution in [0.15, 0.2) is 108 Å². The quantitative estimate of drug-likeness (QED) is 0.0727. The third-order valence-electron chi connectivity index (χ3n) is 6.63. The highest BCUT2D eigenvalue weighted by Crippen LogP contribution is 2.27. The Morgan fingerprint density at radius 1 is 0.783 bits per heavy atom. The number of methoxy groups -OCH3 is 2. The molecule has 3 N–H and O–H groups in total. The molecule has 0 aliphatic heterocycles. The van der Waals surface area contributed by atoms with Crippen molar-refractivity contribution in [2.45, 2.75) is 24.7 Å². The molecule has 0 heterocycles. The number of amides is 3. The van der Waals surface area contributed by atoms with Crippen molar-refractivity contribution in [1.29, 1.82) is 0 Å². The van der Waals surface area contributed by atoms with E-state index in [1.165, 1.54) is 32.1 Å². The number of carbonyl (C=O) groups excluding carboxylic acids is 3. The summed E-state index contributed by atoms with van der Waals surface area (Å²) < 4.78 is 16.5. The van der Waals surface area contributed by atoms with Crippen molar-refractivity contribution >= 4 is 46.9 Å². The van der Waals surface area contributed by atoms with Crippen molar-refractivity contribution in [3.8, 4) is 17.2 Å². The lowest BCUT2D eigenvalue weighted by Gasteiger charge is -2.14. The van der Waals surface area contributed by atoms with Gasteiger partial charge in [-0.15, -0.1) is 11.8 Å². The zero-order chi connectivity index (χ0) is 32.7. The molecule has 0 saturated heterocycles. The Balaban J connectivity index is 1.44. The molecule has 4 aromatic carbocycles. The number of rotatable bonds is 15. The predicted molar refractivity (Wildman–Crippen MR) is 183 cm³/mol.